The summed E-state index contributed by atoms with van der Waals surface area (Å²) in [6, 6.07) is 5.53. The Bertz CT molecular complexity index is 481. The molecule has 0 bridgehead atoms. The van der Waals surface area contributed by atoms with E-state index in [1.54, 1.807) is 6.07 Å². The van der Waals surface area contributed by atoms with Crippen LogP contribution in [0.15, 0.2) is 23.0 Å². The summed E-state index contributed by atoms with van der Waals surface area (Å²) in [5, 5.41) is 5.98. The second kappa shape index (κ2) is 2.74. The van der Waals surface area contributed by atoms with Gasteiger partial charge in [0.2, 0.25) is 0 Å². The van der Waals surface area contributed by atoms with Crippen LogP contribution in [0.5, 0.6) is 0 Å². The van der Waals surface area contributed by atoms with E-state index in [1.165, 1.54) is 0 Å². The summed E-state index contributed by atoms with van der Waals surface area (Å²) in [4.78, 5) is 11.1. The molecule has 0 radical (unpaired) electrons. The van der Waals surface area contributed by atoms with Crippen molar-refractivity contribution in [2.45, 2.75) is 13.0 Å². The molecule has 1 atom stereocenters. The SMILES string of the molecule is CC(N)c1ccc2c(=O)[nH][nH]c2c1. The van der Waals surface area contributed by atoms with Gasteiger partial charge in [-0.3, -0.25) is 15.0 Å². The summed E-state index contributed by atoms with van der Waals surface area (Å²) < 4.78 is 0. The molecule has 0 saturated heterocycles. The number of nitrogens with one attached hydrogen (secondary N) is 2. The molecule has 0 amide bonds. The van der Waals surface area contributed by atoms with Crippen molar-refractivity contribution in [3.8, 4) is 0 Å². The van der Waals surface area contributed by atoms with E-state index >= 15 is 0 Å². The molecule has 1 aromatic heterocycles. The number of fused-ring (bicyclic) bond motifs is 1. The van der Waals surface area contributed by atoms with Gasteiger partial charge in [0.15, 0.2) is 0 Å². The number of aromatic amines is 2. The number of nitrogens with two attached hydrogens (primary N) is 1. The largest absolute Gasteiger partial charge is 0.324 e. The van der Waals surface area contributed by atoms with Crippen LogP contribution in [0, 0.1) is 0 Å². The summed E-state index contributed by atoms with van der Waals surface area (Å²) >= 11 is 0. The van der Waals surface area contributed by atoms with Crippen LogP contribution < -0.4 is 11.3 Å². The first-order chi connectivity index (χ1) is 6.18. The molecule has 68 valence electrons. The highest BCUT2D eigenvalue weighted by Crippen LogP contribution is 2.14. The maximum absolute atomic E-state index is 11.1. The summed E-state index contributed by atoms with van der Waals surface area (Å²) in [7, 11) is 0. The zero-order valence-electron chi connectivity index (χ0n) is 7.29. The van der Waals surface area contributed by atoms with Crippen LogP contribution in [-0.2, 0) is 0 Å². The van der Waals surface area contributed by atoms with Gasteiger partial charge in [0.1, 0.15) is 0 Å². The highest BCUT2D eigenvalue weighted by atomic mass is 16.1. The van der Waals surface area contributed by atoms with E-state index in [0.717, 1.165) is 11.1 Å². The number of hydrogen-bond acceptors (Lipinski definition) is 2. The molecule has 1 aromatic carbocycles. The summed E-state index contributed by atoms with van der Waals surface area (Å²) in [6.45, 7) is 1.91. The van der Waals surface area contributed by atoms with Crippen LogP contribution in [0.25, 0.3) is 10.9 Å². The molecule has 2 aromatic rings. The molecule has 0 fully saturated rings. The molecule has 4 N–H and O–H groups in total. The normalized spacial score (nSPS) is 13.4. The van der Waals surface area contributed by atoms with Crippen LogP contribution in [0.3, 0.4) is 0 Å². The minimum absolute atomic E-state index is 0.0113. The van der Waals surface area contributed by atoms with Crippen molar-refractivity contribution in [2.75, 3.05) is 0 Å². The van der Waals surface area contributed by atoms with Crippen LogP contribution in [0.2, 0.25) is 0 Å². The van der Waals surface area contributed by atoms with Gasteiger partial charge in [-0.15, -0.1) is 0 Å². The van der Waals surface area contributed by atoms with Crippen molar-refractivity contribution < 1.29 is 0 Å². The Morgan fingerprint density at radius 3 is 2.85 bits per heavy atom. The third-order valence-corrected chi connectivity index (χ3v) is 2.12. The van der Waals surface area contributed by atoms with Gasteiger partial charge in [0.05, 0.1) is 10.9 Å². The van der Waals surface area contributed by atoms with Crippen molar-refractivity contribution in [2.24, 2.45) is 5.73 Å². The van der Waals surface area contributed by atoms with E-state index in [4.69, 9.17) is 5.73 Å². The van der Waals surface area contributed by atoms with Gasteiger partial charge in [-0.1, -0.05) is 6.07 Å². The van der Waals surface area contributed by atoms with Gasteiger partial charge >= 0.3 is 0 Å². The van der Waals surface area contributed by atoms with E-state index in [2.05, 4.69) is 10.2 Å². The molecular weight excluding hydrogens is 166 g/mol. The summed E-state index contributed by atoms with van der Waals surface area (Å²) in [5.41, 5.74) is 7.44. The fourth-order valence-corrected chi connectivity index (χ4v) is 1.34. The van der Waals surface area contributed by atoms with E-state index in [-0.39, 0.29) is 11.6 Å². The molecule has 0 aliphatic rings. The second-order valence-corrected chi connectivity index (χ2v) is 3.17. The minimum atomic E-state index is -0.0915. The first kappa shape index (κ1) is 8.07. The molecule has 0 aliphatic heterocycles. The topological polar surface area (TPSA) is 74.7 Å². The maximum atomic E-state index is 11.1. The number of hydrogen-bond donors (Lipinski definition) is 3. The average molecular weight is 177 g/mol. The van der Waals surface area contributed by atoms with Crippen molar-refractivity contribution >= 4 is 10.9 Å². The third-order valence-electron chi connectivity index (χ3n) is 2.12. The van der Waals surface area contributed by atoms with Crippen LogP contribution in [0.4, 0.5) is 0 Å². The third kappa shape index (κ3) is 1.25. The molecule has 1 heterocycles. The molecule has 2 rings (SSSR count). The highest BCUT2D eigenvalue weighted by molar-refractivity contribution is 5.78. The molecular formula is C9H11N3O. The second-order valence-electron chi connectivity index (χ2n) is 3.17. The highest BCUT2D eigenvalue weighted by Gasteiger charge is 2.03. The molecule has 13 heavy (non-hydrogen) atoms. The fraction of sp³-hybridized carbons (Fsp3) is 0.222. The molecule has 4 heteroatoms. The first-order valence-electron chi connectivity index (χ1n) is 4.14. The lowest BCUT2D eigenvalue weighted by atomic mass is 10.1. The standard InChI is InChI=1S/C9H11N3O/c1-5(10)6-2-3-7-8(4-6)11-12-9(7)13/h2-5H,10H2,1H3,(H2,11,12,13). The van der Waals surface area contributed by atoms with Gasteiger partial charge in [0, 0.05) is 6.04 Å². The molecule has 4 nitrogen and oxygen atoms in total. The van der Waals surface area contributed by atoms with Crippen molar-refractivity contribution in [3.63, 3.8) is 0 Å². The van der Waals surface area contributed by atoms with Crippen molar-refractivity contribution in [3.05, 3.63) is 34.1 Å². The number of rotatable bonds is 1. The van der Waals surface area contributed by atoms with Crippen LogP contribution in [-0.4, -0.2) is 10.2 Å². The van der Waals surface area contributed by atoms with Gasteiger partial charge in [0.25, 0.3) is 5.56 Å². The lowest BCUT2D eigenvalue weighted by Gasteiger charge is -2.03. The predicted molar refractivity (Wildman–Crippen MR) is 51.5 cm³/mol. The Morgan fingerprint density at radius 2 is 2.15 bits per heavy atom. The fourth-order valence-electron chi connectivity index (χ4n) is 1.34. The smallest absolute Gasteiger partial charge is 0.271 e. The molecule has 1 unspecified atom stereocenters. The lowest BCUT2D eigenvalue weighted by Crippen LogP contribution is -2.04. The zero-order chi connectivity index (χ0) is 9.42. The summed E-state index contributed by atoms with van der Waals surface area (Å²) in [5.74, 6) is 0. The van der Waals surface area contributed by atoms with E-state index in [0.29, 0.717) is 5.39 Å². The Balaban J connectivity index is 2.70. The summed E-state index contributed by atoms with van der Waals surface area (Å²) in [6.07, 6.45) is 0. The Labute approximate surface area is 74.7 Å². The molecule has 0 aliphatic carbocycles. The molecule has 0 saturated carbocycles. The monoisotopic (exact) mass is 177 g/mol. The Morgan fingerprint density at radius 1 is 1.38 bits per heavy atom. The number of benzene rings is 1. The van der Waals surface area contributed by atoms with Gasteiger partial charge < -0.3 is 5.73 Å². The zero-order valence-corrected chi connectivity index (χ0v) is 7.29. The van der Waals surface area contributed by atoms with Crippen LogP contribution >= 0.6 is 0 Å². The average Bonchev–Trinajstić information content (AvgIpc) is 2.47. The Hall–Kier alpha value is -1.55. The predicted octanol–water partition coefficient (Wildman–Crippen LogP) is 0.876. The van der Waals surface area contributed by atoms with Crippen molar-refractivity contribution in [1.29, 1.82) is 0 Å². The lowest BCUT2D eigenvalue weighted by molar-refractivity contribution is 0.819. The van der Waals surface area contributed by atoms with E-state index in [1.807, 2.05) is 19.1 Å². The maximum Gasteiger partial charge on any atom is 0.271 e. The quantitative estimate of drug-likeness (QED) is 0.604. The molecule has 0 spiro atoms. The Kier molecular flexibility index (Phi) is 1.70. The van der Waals surface area contributed by atoms with Gasteiger partial charge in [-0.05, 0) is 24.6 Å². The van der Waals surface area contributed by atoms with Crippen LogP contribution in [0.1, 0.15) is 18.5 Å². The van der Waals surface area contributed by atoms with Gasteiger partial charge in [-0.25, -0.2) is 0 Å². The first-order valence-corrected chi connectivity index (χ1v) is 4.14. The number of aromatic nitrogens is 2. The minimum Gasteiger partial charge on any atom is -0.324 e. The van der Waals surface area contributed by atoms with E-state index in [9.17, 15) is 4.79 Å². The van der Waals surface area contributed by atoms with Crippen molar-refractivity contribution in [1.82, 2.24) is 10.2 Å². The van der Waals surface area contributed by atoms with E-state index < -0.39 is 0 Å². The number of H-pyrrole nitrogens is 2. The van der Waals surface area contributed by atoms with Gasteiger partial charge in [-0.2, -0.15) is 0 Å².